The summed E-state index contributed by atoms with van der Waals surface area (Å²) in [5, 5.41) is 19.5. The van der Waals surface area contributed by atoms with Gasteiger partial charge in [-0.1, -0.05) is 6.42 Å². The monoisotopic (exact) mass is 296 g/mol. The van der Waals surface area contributed by atoms with Crippen molar-refractivity contribution in [3.8, 4) is 0 Å². The van der Waals surface area contributed by atoms with Crippen LogP contribution in [0.25, 0.3) is 0 Å². The van der Waals surface area contributed by atoms with Crippen LogP contribution in [0, 0.1) is 0 Å². The third kappa shape index (κ3) is 4.25. The zero-order chi connectivity index (χ0) is 15.2. The maximum absolute atomic E-state index is 11.7. The summed E-state index contributed by atoms with van der Waals surface area (Å²) in [6.07, 6.45) is 4.28. The number of carboxylic acid groups (broad SMARTS) is 1. The molecule has 1 aromatic rings. The van der Waals surface area contributed by atoms with E-state index in [0.29, 0.717) is 0 Å². The molecule has 0 saturated heterocycles. The van der Waals surface area contributed by atoms with E-state index in [0.717, 1.165) is 37.5 Å². The molecular weight excluding hydrogens is 276 g/mol. The number of aryl methyl sites for hydroxylation is 1. The molecule has 0 aromatic carbocycles. The quantitative estimate of drug-likeness (QED) is 0.781. The molecule has 0 bridgehead atoms. The Morgan fingerprint density at radius 2 is 2.14 bits per heavy atom. The van der Waals surface area contributed by atoms with Crippen LogP contribution in [0.15, 0.2) is 0 Å². The normalized spacial score (nSPS) is 15.9. The van der Waals surface area contributed by atoms with Gasteiger partial charge in [0.25, 0.3) is 0 Å². The fraction of sp³-hybridized carbons (Fsp3) is 0.692. The zero-order valence-corrected chi connectivity index (χ0v) is 12.0. The summed E-state index contributed by atoms with van der Waals surface area (Å²) in [5.41, 5.74) is 0. The van der Waals surface area contributed by atoms with Crippen LogP contribution < -0.4 is 5.32 Å². The number of carboxylic acids is 1. The van der Waals surface area contributed by atoms with Gasteiger partial charge >= 0.3 is 5.97 Å². The van der Waals surface area contributed by atoms with Crippen LogP contribution in [0.2, 0.25) is 0 Å². The van der Waals surface area contributed by atoms with E-state index in [-0.39, 0.29) is 18.6 Å². The Morgan fingerprint density at radius 1 is 1.33 bits per heavy atom. The first kappa shape index (κ1) is 15.4. The van der Waals surface area contributed by atoms with Crippen molar-refractivity contribution in [2.24, 2.45) is 0 Å². The van der Waals surface area contributed by atoms with E-state index in [2.05, 4.69) is 20.1 Å². The number of aromatic nitrogens is 3. The highest BCUT2D eigenvalue weighted by molar-refractivity contribution is 5.78. The van der Waals surface area contributed by atoms with Crippen LogP contribution in [0.1, 0.15) is 43.9 Å². The van der Waals surface area contributed by atoms with Crippen molar-refractivity contribution in [2.75, 3.05) is 13.2 Å². The number of ether oxygens (including phenoxy) is 1. The van der Waals surface area contributed by atoms with Gasteiger partial charge in [0.05, 0.1) is 6.04 Å². The van der Waals surface area contributed by atoms with Crippen LogP contribution in [0.4, 0.5) is 0 Å². The second kappa shape index (κ2) is 7.16. The molecule has 2 heterocycles. The van der Waals surface area contributed by atoms with Gasteiger partial charge in [-0.2, -0.15) is 0 Å². The van der Waals surface area contributed by atoms with Gasteiger partial charge in [-0.05, 0) is 19.8 Å². The van der Waals surface area contributed by atoms with Gasteiger partial charge in [0.2, 0.25) is 5.91 Å². The van der Waals surface area contributed by atoms with Crippen molar-refractivity contribution in [3.63, 3.8) is 0 Å². The van der Waals surface area contributed by atoms with E-state index in [1.165, 1.54) is 6.42 Å². The first-order valence-electron chi connectivity index (χ1n) is 7.09. The molecule has 1 amide bonds. The first-order valence-corrected chi connectivity index (χ1v) is 7.09. The molecule has 1 aromatic heterocycles. The van der Waals surface area contributed by atoms with Crippen LogP contribution in [0.3, 0.4) is 0 Å². The van der Waals surface area contributed by atoms with Crippen molar-refractivity contribution in [1.29, 1.82) is 0 Å². The molecule has 1 unspecified atom stereocenters. The number of nitrogens with zero attached hydrogens (tertiary/aromatic N) is 3. The van der Waals surface area contributed by atoms with Crippen LogP contribution in [-0.4, -0.2) is 45.0 Å². The molecule has 8 heteroatoms. The van der Waals surface area contributed by atoms with E-state index in [9.17, 15) is 9.59 Å². The van der Waals surface area contributed by atoms with E-state index in [4.69, 9.17) is 9.84 Å². The number of rotatable bonds is 6. The highest BCUT2D eigenvalue weighted by Gasteiger charge is 2.20. The van der Waals surface area contributed by atoms with Gasteiger partial charge in [-0.25, -0.2) is 4.79 Å². The largest absolute Gasteiger partial charge is 0.480 e. The lowest BCUT2D eigenvalue weighted by Gasteiger charge is -2.15. The van der Waals surface area contributed by atoms with E-state index in [1.807, 2.05) is 6.92 Å². The minimum absolute atomic E-state index is 0.280. The average Bonchev–Trinajstić information content (AvgIpc) is 2.67. The highest BCUT2D eigenvalue weighted by Crippen LogP contribution is 2.18. The number of aliphatic carboxylic acids is 1. The van der Waals surface area contributed by atoms with Crippen molar-refractivity contribution in [1.82, 2.24) is 20.1 Å². The molecule has 0 fully saturated rings. The van der Waals surface area contributed by atoms with Gasteiger partial charge in [0.1, 0.15) is 19.0 Å². The van der Waals surface area contributed by atoms with Crippen molar-refractivity contribution >= 4 is 11.9 Å². The van der Waals surface area contributed by atoms with Crippen molar-refractivity contribution in [2.45, 2.75) is 45.2 Å². The zero-order valence-electron chi connectivity index (χ0n) is 12.0. The lowest BCUT2D eigenvalue weighted by atomic mass is 10.2. The Morgan fingerprint density at radius 3 is 2.90 bits per heavy atom. The fourth-order valence-electron chi connectivity index (χ4n) is 2.41. The molecule has 2 N–H and O–H groups in total. The summed E-state index contributed by atoms with van der Waals surface area (Å²) in [6.45, 7) is 1.93. The second-order valence-electron chi connectivity index (χ2n) is 5.11. The SMILES string of the molecule is CC(NC(=O)COCC(=O)O)c1nnc2n1CCCCC2. The molecule has 0 spiro atoms. The summed E-state index contributed by atoms with van der Waals surface area (Å²) < 4.78 is 6.82. The van der Waals surface area contributed by atoms with Gasteiger partial charge in [0.15, 0.2) is 5.82 Å². The summed E-state index contributed by atoms with van der Waals surface area (Å²) in [5.74, 6) is 0.234. The maximum atomic E-state index is 11.7. The van der Waals surface area contributed by atoms with Gasteiger partial charge in [-0.15, -0.1) is 10.2 Å². The molecular formula is C13H20N4O4. The molecule has 116 valence electrons. The van der Waals surface area contributed by atoms with Crippen LogP contribution in [0.5, 0.6) is 0 Å². The third-order valence-electron chi connectivity index (χ3n) is 3.36. The fourth-order valence-corrected chi connectivity index (χ4v) is 2.41. The standard InChI is InChI=1S/C13H20N4O4/c1-9(14-11(18)7-21-8-12(19)20)13-16-15-10-5-3-2-4-6-17(10)13/h9H,2-8H2,1H3,(H,14,18)(H,19,20). The molecule has 1 aliphatic heterocycles. The number of fused-ring (bicyclic) bond motifs is 1. The minimum Gasteiger partial charge on any atom is -0.480 e. The lowest BCUT2D eigenvalue weighted by molar-refractivity contribution is -0.143. The number of nitrogens with one attached hydrogen (secondary N) is 1. The molecule has 1 atom stereocenters. The first-order chi connectivity index (χ1) is 10.1. The third-order valence-corrected chi connectivity index (χ3v) is 3.36. The molecule has 1 aliphatic rings. The maximum Gasteiger partial charge on any atom is 0.329 e. The molecule has 8 nitrogen and oxygen atoms in total. The highest BCUT2D eigenvalue weighted by atomic mass is 16.5. The Labute approximate surface area is 122 Å². The number of hydrogen-bond donors (Lipinski definition) is 2. The Hall–Kier alpha value is -1.96. The van der Waals surface area contributed by atoms with Gasteiger partial charge < -0.3 is 19.7 Å². The number of carbonyl (C=O) groups excluding carboxylic acids is 1. The van der Waals surface area contributed by atoms with Crippen LogP contribution in [-0.2, 0) is 27.3 Å². The Kier molecular flexibility index (Phi) is 5.26. The topological polar surface area (TPSA) is 106 Å². The lowest BCUT2D eigenvalue weighted by Crippen LogP contribution is -2.32. The Balaban J connectivity index is 1.91. The summed E-state index contributed by atoms with van der Waals surface area (Å²) in [6, 6.07) is -0.287. The van der Waals surface area contributed by atoms with Crippen molar-refractivity contribution in [3.05, 3.63) is 11.6 Å². The number of hydrogen-bond acceptors (Lipinski definition) is 5. The predicted molar refractivity (Wildman–Crippen MR) is 72.6 cm³/mol. The summed E-state index contributed by atoms with van der Waals surface area (Å²) in [4.78, 5) is 22.0. The summed E-state index contributed by atoms with van der Waals surface area (Å²) in [7, 11) is 0. The van der Waals surface area contributed by atoms with Gasteiger partial charge in [-0.3, -0.25) is 4.79 Å². The van der Waals surface area contributed by atoms with E-state index in [1.54, 1.807) is 0 Å². The minimum atomic E-state index is -1.10. The predicted octanol–water partition coefficient (Wildman–Crippen LogP) is 0.283. The van der Waals surface area contributed by atoms with E-state index < -0.39 is 12.6 Å². The molecule has 21 heavy (non-hydrogen) atoms. The molecule has 0 aliphatic carbocycles. The average molecular weight is 296 g/mol. The molecule has 0 radical (unpaired) electrons. The molecule has 2 rings (SSSR count). The smallest absolute Gasteiger partial charge is 0.329 e. The van der Waals surface area contributed by atoms with Crippen molar-refractivity contribution < 1.29 is 19.4 Å². The molecule has 0 saturated carbocycles. The number of carbonyl (C=O) groups is 2. The number of amides is 1. The van der Waals surface area contributed by atoms with Gasteiger partial charge in [0, 0.05) is 13.0 Å². The van der Waals surface area contributed by atoms with Crippen LogP contribution >= 0.6 is 0 Å². The second-order valence-corrected chi connectivity index (χ2v) is 5.11. The Bertz CT molecular complexity index is 514. The van der Waals surface area contributed by atoms with E-state index >= 15 is 0 Å². The summed E-state index contributed by atoms with van der Waals surface area (Å²) >= 11 is 0.